The Bertz CT molecular complexity index is 572. The van der Waals surface area contributed by atoms with E-state index in [1.54, 1.807) is 24.3 Å². The van der Waals surface area contributed by atoms with Gasteiger partial charge in [0.2, 0.25) is 6.41 Å². The number of nitrogen functional groups attached to an aromatic ring is 1. The van der Waals surface area contributed by atoms with Crippen LogP contribution in [0.15, 0.2) is 42.5 Å². The van der Waals surface area contributed by atoms with Crippen LogP contribution in [0.5, 0.6) is 0 Å². The van der Waals surface area contributed by atoms with Gasteiger partial charge in [-0.25, -0.2) is 4.39 Å². The second-order valence-electron chi connectivity index (χ2n) is 3.66. The third-order valence-corrected chi connectivity index (χ3v) is 2.75. The van der Waals surface area contributed by atoms with Crippen molar-refractivity contribution in [2.24, 2.45) is 0 Å². The van der Waals surface area contributed by atoms with Crippen LogP contribution in [0.1, 0.15) is 0 Å². The van der Waals surface area contributed by atoms with Crippen molar-refractivity contribution in [1.82, 2.24) is 0 Å². The lowest BCUT2D eigenvalue weighted by Crippen LogP contribution is -2.14. The van der Waals surface area contributed by atoms with Crippen LogP contribution in [0.25, 0.3) is 0 Å². The molecule has 0 heterocycles. The molecule has 2 aromatic carbocycles. The first kappa shape index (κ1) is 12.4. The molecule has 0 fully saturated rings. The molecule has 0 spiro atoms. The Balaban J connectivity index is 2.45. The minimum atomic E-state index is -0.452. The normalized spacial score (nSPS) is 10.1. The summed E-state index contributed by atoms with van der Waals surface area (Å²) in [5.41, 5.74) is 7.19. The summed E-state index contributed by atoms with van der Waals surface area (Å²) in [5.74, 6) is -0.452. The number of nitrogens with zero attached hydrogens (tertiary/aromatic N) is 1. The lowest BCUT2D eigenvalue weighted by atomic mass is 10.2. The summed E-state index contributed by atoms with van der Waals surface area (Å²) in [5, 5.41) is 0.166. The van der Waals surface area contributed by atoms with Gasteiger partial charge in [-0.15, -0.1) is 0 Å². The Morgan fingerprint density at radius 2 is 1.83 bits per heavy atom. The first-order valence-corrected chi connectivity index (χ1v) is 5.55. The molecular formula is C13H10ClFN2O. The number of carbonyl (C=O) groups is 1. The molecular weight excluding hydrogens is 255 g/mol. The second kappa shape index (κ2) is 5.06. The number of anilines is 3. The van der Waals surface area contributed by atoms with Crippen LogP contribution in [0.2, 0.25) is 5.02 Å². The second-order valence-corrected chi connectivity index (χ2v) is 4.07. The summed E-state index contributed by atoms with van der Waals surface area (Å²) < 4.78 is 13.0. The van der Waals surface area contributed by atoms with E-state index in [2.05, 4.69) is 0 Å². The van der Waals surface area contributed by atoms with E-state index in [0.717, 1.165) is 6.07 Å². The minimum Gasteiger partial charge on any atom is -0.399 e. The molecule has 0 aromatic heterocycles. The molecule has 2 aromatic rings. The molecule has 5 heteroatoms. The van der Waals surface area contributed by atoms with E-state index in [9.17, 15) is 9.18 Å². The van der Waals surface area contributed by atoms with Crippen molar-refractivity contribution in [2.75, 3.05) is 10.6 Å². The van der Waals surface area contributed by atoms with E-state index >= 15 is 0 Å². The largest absolute Gasteiger partial charge is 0.399 e. The first-order chi connectivity index (χ1) is 8.61. The Labute approximate surface area is 109 Å². The Kier molecular flexibility index (Phi) is 3.48. The van der Waals surface area contributed by atoms with Crippen molar-refractivity contribution in [3.8, 4) is 0 Å². The van der Waals surface area contributed by atoms with Gasteiger partial charge >= 0.3 is 0 Å². The maximum absolute atomic E-state index is 13.0. The van der Waals surface area contributed by atoms with Gasteiger partial charge in [0.1, 0.15) is 5.82 Å². The molecule has 0 saturated heterocycles. The third-order valence-electron chi connectivity index (χ3n) is 2.45. The number of nitrogens with two attached hydrogens (primary N) is 1. The fraction of sp³-hybridized carbons (Fsp3) is 0. The van der Waals surface area contributed by atoms with Crippen LogP contribution in [0.4, 0.5) is 21.5 Å². The standard InChI is InChI=1S/C13H10ClFN2O/c14-12-7-9(15)1-6-13(12)17(8-18)11-4-2-10(16)3-5-11/h1-8H,16H2. The van der Waals surface area contributed by atoms with Gasteiger partial charge in [0, 0.05) is 11.4 Å². The lowest BCUT2D eigenvalue weighted by Gasteiger charge is -2.19. The van der Waals surface area contributed by atoms with E-state index in [1.165, 1.54) is 17.0 Å². The van der Waals surface area contributed by atoms with Crippen molar-refractivity contribution in [1.29, 1.82) is 0 Å². The zero-order valence-corrected chi connectivity index (χ0v) is 10.1. The summed E-state index contributed by atoms with van der Waals surface area (Å²) in [6, 6.07) is 10.6. The fourth-order valence-corrected chi connectivity index (χ4v) is 1.83. The molecule has 0 radical (unpaired) electrons. The average molecular weight is 265 g/mol. The summed E-state index contributed by atoms with van der Waals surface area (Å²) in [6.45, 7) is 0. The van der Waals surface area contributed by atoms with E-state index in [-0.39, 0.29) is 5.02 Å². The van der Waals surface area contributed by atoms with Crippen molar-refractivity contribution < 1.29 is 9.18 Å². The van der Waals surface area contributed by atoms with Crippen LogP contribution < -0.4 is 10.6 Å². The topological polar surface area (TPSA) is 46.3 Å². The van der Waals surface area contributed by atoms with E-state index in [1.807, 2.05) is 0 Å². The Hall–Kier alpha value is -2.07. The van der Waals surface area contributed by atoms with Gasteiger partial charge in [-0.2, -0.15) is 0 Å². The highest BCUT2D eigenvalue weighted by molar-refractivity contribution is 6.33. The highest BCUT2D eigenvalue weighted by Gasteiger charge is 2.12. The highest BCUT2D eigenvalue weighted by Crippen LogP contribution is 2.31. The molecule has 92 valence electrons. The average Bonchev–Trinajstić information content (AvgIpc) is 2.35. The van der Waals surface area contributed by atoms with Crippen LogP contribution in [-0.4, -0.2) is 6.41 Å². The molecule has 0 unspecified atom stereocenters. The molecule has 2 N–H and O–H groups in total. The van der Waals surface area contributed by atoms with Crippen molar-refractivity contribution in [2.45, 2.75) is 0 Å². The van der Waals surface area contributed by atoms with Gasteiger partial charge in [0.15, 0.2) is 0 Å². The van der Waals surface area contributed by atoms with Gasteiger partial charge < -0.3 is 5.73 Å². The van der Waals surface area contributed by atoms with E-state index in [4.69, 9.17) is 17.3 Å². The molecule has 0 aliphatic rings. The molecule has 0 aliphatic heterocycles. The third kappa shape index (κ3) is 2.43. The number of rotatable bonds is 3. The van der Waals surface area contributed by atoms with Crippen molar-refractivity contribution in [3.63, 3.8) is 0 Å². The predicted octanol–water partition coefficient (Wildman–Crippen LogP) is 3.36. The highest BCUT2D eigenvalue weighted by atomic mass is 35.5. The van der Waals surface area contributed by atoms with Gasteiger partial charge in [0.05, 0.1) is 10.7 Å². The molecule has 0 atom stereocenters. The predicted molar refractivity (Wildman–Crippen MR) is 70.5 cm³/mol. The van der Waals surface area contributed by atoms with Crippen LogP contribution in [0.3, 0.4) is 0 Å². The lowest BCUT2D eigenvalue weighted by molar-refractivity contribution is -0.106. The van der Waals surface area contributed by atoms with E-state index < -0.39 is 5.82 Å². The smallest absolute Gasteiger partial charge is 0.218 e. The monoisotopic (exact) mass is 264 g/mol. The van der Waals surface area contributed by atoms with Crippen LogP contribution >= 0.6 is 11.6 Å². The number of hydrogen-bond acceptors (Lipinski definition) is 2. The van der Waals surface area contributed by atoms with Gasteiger partial charge in [-0.05, 0) is 42.5 Å². The summed E-state index contributed by atoms with van der Waals surface area (Å²) in [7, 11) is 0. The SMILES string of the molecule is Nc1ccc(N(C=O)c2ccc(F)cc2Cl)cc1. The first-order valence-electron chi connectivity index (χ1n) is 5.17. The van der Waals surface area contributed by atoms with Crippen molar-refractivity contribution >= 4 is 35.1 Å². The minimum absolute atomic E-state index is 0.166. The number of benzene rings is 2. The molecule has 0 saturated carbocycles. The fourth-order valence-electron chi connectivity index (χ4n) is 1.57. The molecule has 2 rings (SSSR count). The van der Waals surface area contributed by atoms with Crippen LogP contribution in [0, 0.1) is 5.82 Å². The van der Waals surface area contributed by atoms with Crippen LogP contribution in [-0.2, 0) is 4.79 Å². The zero-order valence-electron chi connectivity index (χ0n) is 9.31. The molecule has 3 nitrogen and oxygen atoms in total. The Morgan fingerprint density at radius 3 is 2.39 bits per heavy atom. The summed E-state index contributed by atoms with van der Waals surface area (Å²) in [4.78, 5) is 12.5. The number of carbonyl (C=O) groups excluding carboxylic acids is 1. The molecule has 1 amide bonds. The van der Waals surface area contributed by atoms with E-state index in [0.29, 0.717) is 23.5 Å². The molecule has 0 aliphatic carbocycles. The van der Waals surface area contributed by atoms with Crippen molar-refractivity contribution in [3.05, 3.63) is 53.3 Å². The number of amides is 1. The van der Waals surface area contributed by atoms with Gasteiger partial charge in [-0.1, -0.05) is 11.6 Å². The van der Waals surface area contributed by atoms with Gasteiger partial charge in [-0.3, -0.25) is 9.69 Å². The number of halogens is 2. The molecule has 18 heavy (non-hydrogen) atoms. The molecule has 0 bridgehead atoms. The van der Waals surface area contributed by atoms with Gasteiger partial charge in [0.25, 0.3) is 0 Å². The summed E-state index contributed by atoms with van der Waals surface area (Å²) >= 11 is 5.92. The Morgan fingerprint density at radius 1 is 1.17 bits per heavy atom. The zero-order chi connectivity index (χ0) is 13.1. The number of hydrogen-bond donors (Lipinski definition) is 1. The quantitative estimate of drug-likeness (QED) is 0.683. The maximum Gasteiger partial charge on any atom is 0.218 e. The maximum atomic E-state index is 13.0. The summed E-state index contributed by atoms with van der Waals surface area (Å²) in [6.07, 6.45) is 0.616.